The number of rotatable bonds is 7. The Kier molecular flexibility index (Phi) is 5.89. The summed E-state index contributed by atoms with van der Waals surface area (Å²) in [6.45, 7) is 5.94. The highest BCUT2D eigenvalue weighted by Gasteiger charge is 2.15. The van der Waals surface area contributed by atoms with Gasteiger partial charge >= 0.3 is 0 Å². The fourth-order valence-corrected chi connectivity index (χ4v) is 3.11. The first-order valence-corrected chi connectivity index (χ1v) is 8.12. The first kappa shape index (κ1) is 15.4. The molecular weight excluding hydrogens is 290 g/mol. The van der Waals surface area contributed by atoms with Gasteiger partial charge in [-0.2, -0.15) is 0 Å². The Bertz CT molecular complexity index is 524. The molecule has 0 aliphatic heterocycles. The quantitative estimate of drug-likeness (QED) is 0.791. The molecule has 1 aromatic carbocycles. The molecule has 2 rings (SSSR count). The van der Waals surface area contributed by atoms with E-state index in [9.17, 15) is 0 Å². The lowest BCUT2D eigenvalue weighted by Gasteiger charge is -2.19. The fraction of sp³-hybridized carbons (Fsp3) is 0.375. The molecule has 2 aromatic rings. The lowest BCUT2D eigenvalue weighted by atomic mass is 10.1. The summed E-state index contributed by atoms with van der Waals surface area (Å²) in [5, 5.41) is 6.41. The van der Waals surface area contributed by atoms with E-state index >= 15 is 0 Å². The third-order valence-electron chi connectivity index (χ3n) is 3.09. The van der Waals surface area contributed by atoms with Crippen LogP contribution in [0.15, 0.2) is 35.7 Å². The number of aryl methyl sites for hydroxylation is 1. The second-order valence-corrected chi connectivity index (χ2v) is 6.12. The number of thiophene rings is 1. The van der Waals surface area contributed by atoms with Gasteiger partial charge in [0.05, 0.1) is 6.04 Å². The third kappa shape index (κ3) is 4.23. The van der Waals surface area contributed by atoms with Crippen molar-refractivity contribution >= 4 is 22.9 Å². The zero-order chi connectivity index (χ0) is 14.4. The van der Waals surface area contributed by atoms with Crippen LogP contribution in [0.1, 0.15) is 29.8 Å². The fourth-order valence-electron chi connectivity index (χ4n) is 2.00. The average Bonchev–Trinajstić information content (AvgIpc) is 2.87. The second-order valence-electron chi connectivity index (χ2n) is 4.74. The van der Waals surface area contributed by atoms with E-state index in [1.165, 1.54) is 10.4 Å². The van der Waals surface area contributed by atoms with Crippen LogP contribution in [0.2, 0.25) is 5.02 Å². The Balaban J connectivity index is 2.01. The summed E-state index contributed by atoms with van der Waals surface area (Å²) in [6, 6.07) is 9.90. The monoisotopic (exact) mass is 309 g/mol. The van der Waals surface area contributed by atoms with E-state index in [0.29, 0.717) is 6.61 Å². The van der Waals surface area contributed by atoms with Crippen molar-refractivity contribution in [2.75, 3.05) is 13.2 Å². The number of ether oxygens (including phenoxy) is 1. The number of nitrogens with one attached hydrogen (secondary N) is 1. The minimum Gasteiger partial charge on any atom is -0.492 e. The molecule has 1 heterocycles. The van der Waals surface area contributed by atoms with Gasteiger partial charge in [-0.1, -0.05) is 18.5 Å². The summed E-state index contributed by atoms with van der Waals surface area (Å²) in [5.74, 6) is 0.854. The molecule has 1 aromatic heterocycles. The van der Waals surface area contributed by atoms with Gasteiger partial charge in [0, 0.05) is 9.90 Å². The van der Waals surface area contributed by atoms with E-state index in [1.807, 2.05) is 24.3 Å². The topological polar surface area (TPSA) is 21.3 Å². The Hall–Kier alpha value is -1.03. The van der Waals surface area contributed by atoms with Crippen molar-refractivity contribution in [1.82, 2.24) is 5.32 Å². The van der Waals surface area contributed by atoms with Crippen molar-refractivity contribution in [1.29, 1.82) is 0 Å². The molecule has 0 fully saturated rings. The largest absolute Gasteiger partial charge is 0.492 e. The smallest absolute Gasteiger partial charge is 0.119 e. The molecule has 0 amide bonds. The van der Waals surface area contributed by atoms with Gasteiger partial charge in [0.2, 0.25) is 0 Å². The van der Waals surface area contributed by atoms with Crippen LogP contribution in [-0.2, 0) is 0 Å². The summed E-state index contributed by atoms with van der Waals surface area (Å²) < 4.78 is 5.88. The van der Waals surface area contributed by atoms with Gasteiger partial charge in [-0.3, -0.25) is 0 Å². The minimum atomic E-state index is 0.241. The van der Waals surface area contributed by atoms with E-state index < -0.39 is 0 Å². The average molecular weight is 310 g/mol. The van der Waals surface area contributed by atoms with Crippen LogP contribution >= 0.6 is 22.9 Å². The summed E-state index contributed by atoms with van der Waals surface area (Å²) in [6.07, 6.45) is 1.11. The SMILES string of the molecule is CCCNC(COc1ccc(Cl)cc1)c1sccc1C. The highest BCUT2D eigenvalue weighted by Crippen LogP contribution is 2.25. The molecule has 0 spiro atoms. The third-order valence-corrected chi connectivity index (χ3v) is 4.47. The summed E-state index contributed by atoms with van der Waals surface area (Å²) in [5.41, 5.74) is 1.32. The Morgan fingerprint density at radius 3 is 2.60 bits per heavy atom. The molecule has 0 bridgehead atoms. The molecule has 0 radical (unpaired) electrons. The van der Waals surface area contributed by atoms with Crippen molar-refractivity contribution in [3.8, 4) is 5.75 Å². The lowest BCUT2D eigenvalue weighted by molar-refractivity contribution is 0.268. The number of hydrogen-bond donors (Lipinski definition) is 1. The molecular formula is C16H20ClNOS. The van der Waals surface area contributed by atoms with E-state index in [0.717, 1.165) is 23.7 Å². The molecule has 1 atom stereocenters. The minimum absolute atomic E-state index is 0.241. The normalized spacial score (nSPS) is 12.3. The predicted octanol–water partition coefficient (Wildman–Crippen LogP) is 4.83. The zero-order valence-corrected chi connectivity index (χ0v) is 13.4. The maximum atomic E-state index is 5.88. The number of hydrogen-bond acceptors (Lipinski definition) is 3. The molecule has 1 unspecified atom stereocenters. The van der Waals surface area contributed by atoms with Gasteiger partial charge < -0.3 is 10.1 Å². The van der Waals surface area contributed by atoms with Gasteiger partial charge in [-0.05, 0) is 61.2 Å². The maximum Gasteiger partial charge on any atom is 0.119 e. The first-order valence-electron chi connectivity index (χ1n) is 6.86. The highest BCUT2D eigenvalue weighted by molar-refractivity contribution is 7.10. The standard InChI is InChI=1S/C16H20ClNOS/c1-3-9-18-15(16-12(2)8-10-20-16)11-19-14-6-4-13(17)5-7-14/h4-8,10,15,18H,3,9,11H2,1-2H3. The van der Waals surface area contributed by atoms with Crippen molar-refractivity contribution in [3.05, 3.63) is 51.2 Å². The molecule has 1 N–H and O–H groups in total. The Morgan fingerprint density at radius 1 is 1.25 bits per heavy atom. The van der Waals surface area contributed by atoms with Crippen LogP contribution in [0.4, 0.5) is 0 Å². The second kappa shape index (κ2) is 7.67. The Labute approximate surface area is 129 Å². The molecule has 0 saturated carbocycles. The van der Waals surface area contributed by atoms with Gasteiger partial charge in [0.15, 0.2) is 0 Å². The van der Waals surface area contributed by atoms with Crippen LogP contribution in [0, 0.1) is 6.92 Å². The zero-order valence-electron chi connectivity index (χ0n) is 11.9. The first-order chi connectivity index (χ1) is 9.70. The van der Waals surface area contributed by atoms with Crippen LogP contribution < -0.4 is 10.1 Å². The van der Waals surface area contributed by atoms with Crippen LogP contribution in [-0.4, -0.2) is 13.2 Å². The molecule has 4 heteroatoms. The Morgan fingerprint density at radius 2 is 2.00 bits per heavy atom. The summed E-state index contributed by atoms with van der Waals surface area (Å²) in [4.78, 5) is 1.35. The van der Waals surface area contributed by atoms with E-state index in [2.05, 4.69) is 30.6 Å². The number of benzene rings is 1. The van der Waals surface area contributed by atoms with Gasteiger partial charge in [-0.15, -0.1) is 11.3 Å². The van der Waals surface area contributed by atoms with Crippen LogP contribution in [0.25, 0.3) is 0 Å². The number of halogens is 1. The predicted molar refractivity (Wildman–Crippen MR) is 87.0 cm³/mol. The molecule has 20 heavy (non-hydrogen) atoms. The highest BCUT2D eigenvalue weighted by atomic mass is 35.5. The van der Waals surface area contributed by atoms with E-state index in [4.69, 9.17) is 16.3 Å². The van der Waals surface area contributed by atoms with E-state index in [1.54, 1.807) is 11.3 Å². The van der Waals surface area contributed by atoms with Crippen molar-refractivity contribution < 1.29 is 4.74 Å². The van der Waals surface area contributed by atoms with Gasteiger partial charge in [0.25, 0.3) is 0 Å². The molecule has 2 nitrogen and oxygen atoms in total. The molecule has 0 aliphatic rings. The summed E-state index contributed by atoms with van der Waals surface area (Å²) >= 11 is 7.66. The van der Waals surface area contributed by atoms with Crippen molar-refractivity contribution in [2.24, 2.45) is 0 Å². The lowest BCUT2D eigenvalue weighted by Crippen LogP contribution is -2.27. The van der Waals surface area contributed by atoms with E-state index in [-0.39, 0.29) is 6.04 Å². The van der Waals surface area contributed by atoms with Gasteiger partial charge in [0.1, 0.15) is 12.4 Å². The van der Waals surface area contributed by atoms with Gasteiger partial charge in [-0.25, -0.2) is 0 Å². The van der Waals surface area contributed by atoms with Crippen LogP contribution in [0.3, 0.4) is 0 Å². The van der Waals surface area contributed by atoms with Crippen LogP contribution in [0.5, 0.6) is 5.75 Å². The maximum absolute atomic E-state index is 5.88. The molecule has 0 saturated heterocycles. The molecule has 0 aliphatic carbocycles. The van der Waals surface area contributed by atoms with Crippen molar-refractivity contribution in [3.63, 3.8) is 0 Å². The van der Waals surface area contributed by atoms with Crippen molar-refractivity contribution in [2.45, 2.75) is 26.3 Å². The molecule has 108 valence electrons. The summed E-state index contributed by atoms with van der Waals surface area (Å²) in [7, 11) is 0.